The molecule has 1 N–H and O–H groups in total. The zero-order valence-corrected chi connectivity index (χ0v) is 13.9. The highest BCUT2D eigenvalue weighted by Crippen LogP contribution is 2.18. The predicted octanol–water partition coefficient (Wildman–Crippen LogP) is 3.57. The molecule has 0 aliphatic carbocycles. The number of hydrazone groups is 1. The van der Waals surface area contributed by atoms with Crippen molar-refractivity contribution in [1.82, 2.24) is 10.4 Å². The number of rotatable bonds is 3. The summed E-state index contributed by atoms with van der Waals surface area (Å²) < 4.78 is 0. The van der Waals surface area contributed by atoms with E-state index in [1.807, 2.05) is 31.2 Å². The van der Waals surface area contributed by atoms with E-state index >= 15 is 0 Å². The minimum atomic E-state index is -0.283. The normalized spacial score (nSPS) is 11.2. The number of aromatic nitrogens is 1. The molecule has 3 rings (SSSR count). The SMILES string of the molecule is C/C(=N\NC(=O)c1cc(C)nc2ccccc12)c1ccc(C#N)cc1. The quantitative estimate of drug-likeness (QED) is 0.590. The molecule has 0 bridgehead atoms. The lowest BCUT2D eigenvalue weighted by molar-refractivity contribution is 0.0956. The molecule has 0 unspecified atom stereocenters. The maximum absolute atomic E-state index is 12.6. The van der Waals surface area contributed by atoms with Crippen LogP contribution in [0, 0.1) is 18.3 Å². The number of carbonyl (C=O) groups excluding carboxylic acids is 1. The largest absolute Gasteiger partial charge is 0.272 e. The third-order valence-corrected chi connectivity index (χ3v) is 3.85. The maximum atomic E-state index is 12.6. The summed E-state index contributed by atoms with van der Waals surface area (Å²) in [4.78, 5) is 17.0. The van der Waals surface area contributed by atoms with Gasteiger partial charge in [-0.1, -0.05) is 30.3 Å². The van der Waals surface area contributed by atoms with E-state index in [4.69, 9.17) is 5.26 Å². The second-order valence-electron chi connectivity index (χ2n) is 5.66. The first-order chi connectivity index (χ1) is 12.1. The van der Waals surface area contributed by atoms with Crippen molar-refractivity contribution in [3.05, 3.63) is 77.0 Å². The number of hydrogen-bond acceptors (Lipinski definition) is 4. The van der Waals surface area contributed by atoms with Gasteiger partial charge in [-0.15, -0.1) is 0 Å². The molecule has 0 atom stereocenters. The topological polar surface area (TPSA) is 78.1 Å². The Balaban J connectivity index is 1.86. The second-order valence-corrected chi connectivity index (χ2v) is 5.66. The molecule has 1 amide bonds. The van der Waals surface area contributed by atoms with Crippen molar-refractivity contribution >= 4 is 22.5 Å². The number of nitriles is 1. The number of benzene rings is 2. The highest BCUT2D eigenvalue weighted by atomic mass is 16.2. The molecule has 0 saturated carbocycles. The Labute approximate surface area is 145 Å². The first-order valence-electron chi connectivity index (χ1n) is 7.80. The summed E-state index contributed by atoms with van der Waals surface area (Å²) in [5.41, 5.74) is 6.78. The summed E-state index contributed by atoms with van der Waals surface area (Å²) in [5, 5.41) is 13.8. The van der Waals surface area contributed by atoms with Crippen LogP contribution >= 0.6 is 0 Å². The number of nitrogens with one attached hydrogen (secondary N) is 1. The second kappa shape index (κ2) is 6.93. The number of nitrogens with zero attached hydrogens (tertiary/aromatic N) is 3. The molecular weight excluding hydrogens is 312 g/mol. The standard InChI is InChI=1S/C20H16N4O/c1-13-11-18(17-5-3-4-6-19(17)22-13)20(25)24-23-14(2)16-9-7-15(12-21)8-10-16/h3-11H,1-2H3,(H,24,25)/b23-14+. The monoisotopic (exact) mass is 328 g/mol. The Morgan fingerprint density at radius 1 is 1.16 bits per heavy atom. The average Bonchev–Trinajstić information content (AvgIpc) is 2.65. The number of hydrogen-bond donors (Lipinski definition) is 1. The lowest BCUT2D eigenvalue weighted by Crippen LogP contribution is -2.20. The summed E-state index contributed by atoms with van der Waals surface area (Å²) in [6.07, 6.45) is 0. The van der Waals surface area contributed by atoms with Gasteiger partial charge in [-0.25, -0.2) is 5.43 Å². The first-order valence-corrected chi connectivity index (χ1v) is 7.80. The van der Waals surface area contributed by atoms with E-state index in [0.29, 0.717) is 16.8 Å². The van der Waals surface area contributed by atoms with E-state index in [1.54, 1.807) is 37.3 Å². The number of pyridine rings is 1. The van der Waals surface area contributed by atoms with Gasteiger partial charge in [-0.05, 0) is 43.7 Å². The van der Waals surface area contributed by atoms with Gasteiger partial charge < -0.3 is 0 Å². The van der Waals surface area contributed by atoms with Crippen molar-refractivity contribution in [3.8, 4) is 6.07 Å². The Morgan fingerprint density at radius 3 is 2.60 bits per heavy atom. The van der Waals surface area contributed by atoms with Crippen LogP contribution in [0.25, 0.3) is 10.9 Å². The average molecular weight is 328 g/mol. The van der Waals surface area contributed by atoms with Gasteiger partial charge in [0, 0.05) is 11.1 Å². The molecule has 3 aromatic rings. The van der Waals surface area contributed by atoms with E-state index in [0.717, 1.165) is 22.2 Å². The molecule has 1 aromatic heterocycles. The highest BCUT2D eigenvalue weighted by Gasteiger charge is 2.11. The molecule has 5 heteroatoms. The smallest absolute Gasteiger partial charge is 0.267 e. The van der Waals surface area contributed by atoms with E-state index in [-0.39, 0.29) is 5.91 Å². The van der Waals surface area contributed by atoms with Gasteiger partial charge in [-0.2, -0.15) is 10.4 Å². The fraction of sp³-hybridized carbons (Fsp3) is 0.100. The molecule has 0 fully saturated rings. The molecule has 0 radical (unpaired) electrons. The summed E-state index contributed by atoms with van der Waals surface area (Å²) in [5.74, 6) is -0.283. The zero-order valence-electron chi connectivity index (χ0n) is 13.9. The Bertz CT molecular complexity index is 1010. The third-order valence-electron chi connectivity index (χ3n) is 3.85. The van der Waals surface area contributed by atoms with Gasteiger partial charge in [0.1, 0.15) is 0 Å². The van der Waals surface area contributed by atoms with Gasteiger partial charge >= 0.3 is 0 Å². The molecule has 0 spiro atoms. The Kier molecular flexibility index (Phi) is 4.53. The van der Waals surface area contributed by atoms with Crippen molar-refractivity contribution in [2.75, 3.05) is 0 Å². The maximum Gasteiger partial charge on any atom is 0.272 e. The van der Waals surface area contributed by atoms with Gasteiger partial charge in [0.2, 0.25) is 0 Å². The number of para-hydroxylation sites is 1. The first kappa shape index (κ1) is 16.3. The van der Waals surface area contributed by atoms with Crippen LogP contribution in [0.4, 0.5) is 0 Å². The molecule has 0 saturated heterocycles. The van der Waals surface area contributed by atoms with Crippen molar-refractivity contribution in [1.29, 1.82) is 5.26 Å². The van der Waals surface area contributed by atoms with E-state index in [9.17, 15) is 4.79 Å². The van der Waals surface area contributed by atoms with Gasteiger partial charge in [0.15, 0.2) is 0 Å². The third kappa shape index (κ3) is 3.54. The molecule has 122 valence electrons. The van der Waals surface area contributed by atoms with Crippen molar-refractivity contribution < 1.29 is 4.79 Å². The van der Waals surface area contributed by atoms with Crippen LogP contribution in [0.5, 0.6) is 0 Å². The minimum Gasteiger partial charge on any atom is -0.267 e. The number of aryl methyl sites for hydroxylation is 1. The molecule has 5 nitrogen and oxygen atoms in total. The van der Waals surface area contributed by atoms with Gasteiger partial charge in [-0.3, -0.25) is 9.78 Å². The van der Waals surface area contributed by atoms with Crippen molar-refractivity contribution in [2.24, 2.45) is 5.10 Å². The van der Waals surface area contributed by atoms with Crippen LogP contribution in [-0.4, -0.2) is 16.6 Å². The summed E-state index contributed by atoms with van der Waals surface area (Å²) >= 11 is 0. The zero-order chi connectivity index (χ0) is 17.8. The van der Waals surface area contributed by atoms with Crippen LogP contribution in [0.1, 0.15) is 34.1 Å². The van der Waals surface area contributed by atoms with E-state index in [2.05, 4.69) is 21.6 Å². The van der Waals surface area contributed by atoms with Crippen LogP contribution in [0.3, 0.4) is 0 Å². The van der Waals surface area contributed by atoms with E-state index < -0.39 is 0 Å². The molecule has 1 heterocycles. The van der Waals surface area contributed by atoms with Gasteiger partial charge in [0.25, 0.3) is 5.91 Å². The Hall–Kier alpha value is -3.52. The number of carbonyl (C=O) groups is 1. The van der Waals surface area contributed by atoms with Crippen molar-refractivity contribution in [3.63, 3.8) is 0 Å². The van der Waals surface area contributed by atoms with Crippen LogP contribution in [0.2, 0.25) is 0 Å². The summed E-state index contributed by atoms with van der Waals surface area (Å²) in [6, 6.07) is 18.4. The molecule has 25 heavy (non-hydrogen) atoms. The fourth-order valence-electron chi connectivity index (χ4n) is 2.54. The predicted molar refractivity (Wildman–Crippen MR) is 97.3 cm³/mol. The molecule has 0 aliphatic heterocycles. The number of fused-ring (bicyclic) bond motifs is 1. The van der Waals surface area contributed by atoms with Crippen molar-refractivity contribution in [2.45, 2.75) is 13.8 Å². The van der Waals surface area contributed by atoms with Gasteiger partial charge in [0.05, 0.1) is 28.4 Å². The Morgan fingerprint density at radius 2 is 1.88 bits per heavy atom. The lowest BCUT2D eigenvalue weighted by Gasteiger charge is -2.07. The van der Waals surface area contributed by atoms with Crippen LogP contribution in [0.15, 0.2) is 59.7 Å². The fourth-order valence-corrected chi connectivity index (χ4v) is 2.54. The lowest BCUT2D eigenvalue weighted by atomic mass is 10.1. The van der Waals surface area contributed by atoms with E-state index in [1.165, 1.54) is 0 Å². The molecule has 2 aromatic carbocycles. The molecule has 0 aliphatic rings. The van der Waals surface area contributed by atoms with Crippen LogP contribution < -0.4 is 5.43 Å². The highest BCUT2D eigenvalue weighted by molar-refractivity contribution is 6.07. The van der Waals surface area contributed by atoms with Crippen LogP contribution in [-0.2, 0) is 0 Å². The molecular formula is C20H16N4O. The number of amides is 1. The summed E-state index contributed by atoms with van der Waals surface area (Å²) in [6.45, 7) is 3.66. The minimum absolute atomic E-state index is 0.283. The summed E-state index contributed by atoms with van der Waals surface area (Å²) in [7, 11) is 0.